The van der Waals surface area contributed by atoms with Crippen LogP contribution in [0.2, 0.25) is 0 Å². The fourth-order valence-electron chi connectivity index (χ4n) is 4.35. The third-order valence-corrected chi connectivity index (χ3v) is 7.24. The number of aromatic nitrogens is 3. The van der Waals surface area contributed by atoms with Crippen LogP contribution in [0.4, 0.5) is 15.6 Å². The van der Waals surface area contributed by atoms with Crippen LogP contribution in [0.15, 0.2) is 102 Å². The van der Waals surface area contributed by atoms with E-state index >= 15 is 0 Å². The molecule has 0 aliphatic rings. The van der Waals surface area contributed by atoms with Crippen LogP contribution < -0.4 is 20.9 Å². The number of nitrogens with zero attached hydrogens (tertiary/aromatic N) is 3. The molecule has 0 spiro atoms. The van der Waals surface area contributed by atoms with Gasteiger partial charge in [0.2, 0.25) is 0 Å². The molecule has 0 radical (unpaired) electrons. The molecule has 39 heavy (non-hydrogen) atoms. The Labute approximate surface area is 227 Å². The Hall–Kier alpha value is -5.02. The molecule has 8 nitrogen and oxygen atoms in total. The van der Waals surface area contributed by atoms with Crippen molar-refractivity contribution in [1.82, 2.24) is 14.5 Å². The molecule has 9 heteroatoms. The predicted octanol–water partition coefficient (Wildman–Crippen LogP) is 6.37. The van der Waals surface area contributed by atoms with Crippen molar-refractivity contribution >= 4 is 49.3 Å². The number of carbonyl (C=O) groups is 1. The van der Waals surface area contributed by atoms with Crippen molar-refractivity contribution in [3.05, 3.63) is 113 Å². The van der Waals surface area contributed by atoms with Gasteiger partial charge >= 0.3 is 6.03 Å². The number of anilines is 2. The molecule has 2 aromatic heterocycles. The van der Waals surface area contributed by atoms with E-state index in [0.29, 0.717) is 34.0 Å². The molecular formula is C30H23N5O3S. The van der Waals surface area contributed by atoms with Gasteiger partial charge in [0.1, 0.15) is 5.75 Å². The van der Waals surface area contributed by atoms with Gasteiger partial charge in [-0.05, 0) is 53.1 Å². The van der Waals surface area contributed by atoms with Crippen molar-refractivity contribution in [2.24, 2.45) is 0 Å². The van der Waals surface area contributed by atoms with Gasteiger partial charge in [0.05, 0.1) is 41.1 Å². The number of nitrogens with one attached hydrogen (secondary N) is 2. The summed E-state index contributed by atoms with van der Waals surface area (Å²) in [4.78, 5) is 34.9. The van der Waals surface area contributed by atoms with E-state index < -0.39 is 6.03 Å². The van der Waals surface area contributed by atoms with Gasteiger partial charge in [0, 0.05) is 11.8 Å². The van der Waals surface area contributed by atoms with Gasteiger partial charge in [-0.25, -0.2) is 14.8 Å². The van der Waals surface area contributed by atoms with Crippen LogP contribution in [0.3, 0.4) is 0 Å². The number of thiazole rings is 1. The fourth-order valence-corrected chi connectivity index (χ4v) is 5.19. The molecule has 4 aromatic carbocycles. The van der Waals surface area contributed by atoms with Gasteiger partial charge in [-0.1, -0.05) is 59.9 Å². The van der Waals surface area contributed by atoms with Crippen molar-refractivity contribution in [1.29, 1.82) is 0 Å². The number of carbonyl (C=O) groups excluding carboxylic acids is 1. The van der Waals surface area contributed by atoms with E-state index in [1.807, 2.05) is 66.7 Å². The van der Waals surface area contributed by atoms with Crippen molar-refractivity contribution in [2.45, 2.75) is 6.54 Å². The Bertz CT molecular complexity index is 1880. The fraction of sp³-hybridized carbons (Fsp3) is 0.0667. The number of rotatable bonds is 6. The zero-order chi connectivity index (χ0) is 26.8. The second-order valence-electron chi connectivity index (χ2n) is 8.91. The molecule has 6 aromatic rings. The molecule has 6 rings (SSSR count). The maximum atomic E-state index is 13.3. The molecule has 0 saturated heterocycles. The average molecular weight is 534 g/mol. The number of benzene rings is 4. The molecule has 2 N–H and O–H groups in total. The maximum absolute atomic E-state index is 13.3. The summed E-state index contributed by atoms with van der Waals surface area (Å²) < 4.78 is 7.76. The summed E-state index contributed by atoms with van der Waals surface area (Å²) in [5, 5.41) is 6.62. The van der Waals surface area contributed by atoms with Gasteiger partial charge in [-0.2, -0.15) is 0 Å². The Morgan fingerprint density at radius 3 is 2.56 bits per heavy atom. The Morgan fingerprint density at radius 1 is 0.897 bits per heavy atom. The number of ether oxygens (including phenoxy) is 1. The molecule has 0 unspecified atom stereocenters. The third kappa shape index (κ3) is 5.21. The number of hydrogen-bond donors (Lipinski definition) is 2. The smallest absolute Gasteiger partial charge is 0.325 e. The second-order valence-corrected chi connectivity index (χ2v) is 9.94. The Morgan fingerprint density at radius 2 is 1.72 bits per heavy atom. The normalized spacial score (nSPS) is 11.0. The number of amides is 2. The van der Waals surface area contributed by atoms with Crippen molar-refractivity contribution in [3.8, 4) is 16.9 Å². The lowest BCUT2D eigenvalue weighted by atomic mass is 10.0. The second kappa shape index (κ2) is 10.4. The third-order valence-electron chi connectivity index (χ3n) is 6.29. The molecule has 2 amide bonds. The van der Waals surface area contributed by atoms with E-state index in [0.717, 1.165) is 26.9 Å². The van der Waals surface area contributed by atoms with Crippen LogP contribution in [0.1, 0.15) is 5.56 Å². The van der Waals surface area contributed by atoms with Crippen molar-refractivity contribution in [2.75, 3.05) is 17.7 Å². The first-order valence-corrected chi connectivity index (χ1v) is 13.0. The maximum Gasteiger partial charge on any atom is 0.325 e. The number of urea groups is 1. The van der Waals surface area contributed by atoms with Gasteiger partial charge < -0.3 is 10.1 Å². The largest absolute Gasteiger partial charge is 0.497 e. The standard InChI is InChI=1S/C30H23N5O3S/c1-38-23-9-5-8-22(16-23)32-29(37)34-30-33-26-15-21(11-13-27(26)39-30)20-10-12-25-24(14-20)28(36)35(18-31-25)17-19-6-3-2-4-7-19/h2-16,18H,17H2,1H3,(H2,32,33,34,37). The van der Waals surface area contributed by atoms with Crippen LogP contribution >= 0.6 is 11.3 Å². The van der Waals surface area contributed by atoms with E-state index in [9.17, 15) is 9.59 Å². The van der Waals surface area contributed by atoms with E-state index in [2.05, 4.69) is 20.6 Å². The van der Waals surface area contributed by atoms with E-state index in [1.54, 1.807) is 42.3 Å². The van der Waals surface area contributed by atoms with Crippen LogP contribution in [0.25, 0.3) is 32.2 Å². The summed E-state index contributed by atoms with van der Waals surface area (Å²) in [6, 6.07) is 28.2. The number of hydrogen-bond acceptors (Lipinski definition) is 6. The summed E-state index contributed by atoms with van der Waals surface area (Å²) in [7, 11) is 1.57. The van der Waals surface area contributed by atoms with Crippen molar-refractivity contribution in [3.63, 3.8) is 0 Å². The van der Waals surface area contributed by atoms with Crippen LogP contribution in [-0.2, 0) is 6.54 Å². The predicted molar refractivity (Wildman–Crippen MR) is 156 cm³/mol. The summed E-state index contributed by atoms with van der Waals surface area (Å²) in [5.41, 5.74) is 4.77. The highest BCUT2D eigenvalue weighted by molar-refractivity contribution is 7.22. The number of fused-ring (bicyclic) bond motifs is 2. The average Bonchev–Trinajstić information content (AvgIpc) is 3.36. The minimum atomic E-state index is -0.392. The van der Waals surface area contributed by atoms with Gasteiger partial charge in [-0.3, -0.25) is 14.7 Å². The monoisotopic (exact) mass is 533 g/mol. The first-order valence-electron chi connectivity index (χ1n) is 12.2. The van der Waals surface area contributed by atoms with Crippen LogP contribution in [0, 0.1) is 0 Å². The van der Waals surface area contributed by atoms with Crippen molar-refractivity contribution < 1.29 is 9.53 Å². The zero-order valence-electron chi connectivity index (χ0n) is 20.9. The summed E-state index contributed by atoms with van der Waals surface area (Å²) in [6.45, 7) is 0.457. The minimum absolute atomic E-state index is 0.0889. The van der Waals surface area contributed by atoms with E-state index in [1.165, 1.54) is 11.3 Å². The lowest BCUT2D eigenvalue weighted by molar-refractivity contribution is 0.262. The molecule has 0 aliphatic carbocycles. The highest BCUT2D eigenvalue weighted by Crippen LogP contribution is 2.31. The highest BCUT2D eigenvalue weighted by atomic mass is 32.1. The van der Waals surface area contributed by atoms with E-state index in [-0.39, 0.29) is 5.56 Å². The first kappa shape index (κ1) is 24.3. The molecule has 0 aliphatic heterocycles. The quantitative estimate of drug-likeness (QED) is 0.259. The molecular weight excluding hydrogens is 510 g/mol. The highest BCUT2D eigenvalue weighted by Gasteiger charge is 2.11. The summed E-state index contributed by atoms with van der Waals surface area (Å²) >= 11 is 1.38. The SMILES string of the molecule is COc1cccc(NC(=O)Nc2nc3cc(-c4ccc5ncn(Cc6ccccc6)c(=O)c5c4)ccc3s2)c1. The van der Waals surface area contributed by atoms with Gasteiger partial charge in [0.25, 0.3) is 5.56 Å². The summed E-state index contributed by atoms with van der Waals surface area (Å²) in [6.07, 6.45) is 1.59. The van der Waals surface area contributed by atoms with Gasteiger partial charge in [-0.15, -0.1) is 0 Å². The molecule has 0 fully saturated rings. The molecule has 2 heterocycles. The van der Waals surface area contributed by atoms with Crippen LogP contribution in [-0.4, -0.2) is 27.7 Å². The topological polar surface area (TPSA) is 98.1 Å². The minimum Gasteiger partial charge on any atom is -0.497 e. The Kier molecular flexibility index (Phi) is 6.48. The number of methoxy groups -OCH3 is 1. The zero-order valence-corrected chi connectivity index (χ0v) is 21.7. The lowest BCUT2D eigenvalue weighted by Gasteiger charge is -2.08. The lowest BCUT2D eigenvalue weighted by Crippen LogP contribution is -2.21. The first-order chi connectivity index (χ1) is 19.1. The molecule has 0 atom stereocenters. The molecule has 0 saturated carbocycles. The van der Waals surface area contributed by atoms with Crippen LogP contribution in [0.5, 0.6) is 5.75 Å². The van der Waals surface area contributed by atoms with Gasteiger partial charge in [0.15, 0.2) is 5.13 Å². The molecule has 192 valence electrons. The summed E-state index contributed by atoms with van der Waals surface area (Å²) in [5.74, 6) is 0.653. The van der Waals surface area contributed by atoms with E-state index in [4.69, 9.17) is 4.74 Å². The molecule has 0 bridgehead atoms. The Balaban J connectivity index is 1.25.